The van der Waals surface area contributed by atoms with Gasteiger partial charge in [0.15, 0.2) is 15.5 Å². The van der Waals surface area contributed by atoms with E-state index in [-0.39, 0.29) is 22.2 Å². The quantitative estimate of drug-likeness (QED) is 0.482. The highest BCUT2D eigenvalue weighted by atomic mass is 32.2. The number of rotatable bonds is 9. The van der Waals surface area contributed by atoms with Crippen molar-refractivity contribution >= 4 is 15.7 Å². The normalized spacial score (nSPS) is 15.2. The molecule has 1 aliphatic rings. The Labute approximate surface area is 194 Å². The van der Waals surface area contributed by atoms with Crippen LogP contribution in [0.15, 0.2) is 52.0 Å². The van der Waals surface area contributed by atoms with Gasteiger partial charge in [-0.2, -0.15) is 5.10 Å². The van der Waals surface area contributed by atoms with Gasteiger partial charge in [-0.05, 0) is 38.0 Å². The van der Waals surface area contributed by atoms with Gasteiger partial charge in [-0.1, -0.05) is 25.1 Å². The van der Waals surface area contributed by atoms with Gasteiger partial charge >= 0.3 is 0 Å². The number of furan rings is 1. The molecule has 2 aromatic heterocycles. The van der Waals surface area contributed by atoms with Crippen LogP contribution in [0.25, 0.3) is 11.3 Å². The summed E-state index contributed by atoms with van der Waals surface area (Å²) in [6, 6.07) is 11.1. The van der Waals surface area contributed by atoms with E-state index in [1.54, 1.807) is 42.3 Å². The zero-order chi connectivity index (χ0) is 23.6. The minimum Gasteiger partial charge on any atom is -0.468 e. The van der Waals surface area contributed by atoms with Gasteiger partial charge < -0.3 is 9.73 Å². The van der Waals surface area contributed by atoms with Gasteiger partial charge in [0.05, 0.1) is 29.2 Å². The maximum absolute atomic E-state index is 12.9. The van der Waals surface area contributed by atoms with E-state index in [0.717, 1.165) is 31.7 Å². The zero-order valence-electron chi connectivity index (χ0n) is 19.2. The number of aryl methyl sites for hydroxylation is 1. The molecule has 1 N–H and O–H groups in total. The monoisotopic (exact) mass is 470 g/mol. The molecule has 33 heavy (non-hydrogen) atoms. The number of carbonyl (C=O) groups is 1. The Hall–Kier alpha value is -2.91. The number of hydrogen-bond acceptors (Lipinski definition) is 6. The van der Waals surface area contributed by atoms with E-state index in [2.05, 4.69) is 29.2 Å². The molecule has 4 rings (SSSR count). The summed E-state index contributed by atoms with van der Waals surface area (Å²) in [5, 5.41) is 7.30. The van der Waals surface area contributed by atoms with E-state index < -0.39 is 9.84 Å². The number of hydrogen-bond donors (Lipinski definition) is 1. The van der Waals surface area contributed by atoms with Crippen molar-refractivity contribution < 1.29 is 17.6 Å². The van der Waals surface area contributed by atoms with Crippen LogP contribution in [0.3, 0.4) is 0 Å². The van der Waals surface area contributed by atoms with Gasteiger partial charge in [-0.25, -0.2) is 8.42 Å². The Morgan fingerprint density at radius 1 is 1.27 bits per heavy atom. The fourth-order valence-corrected chi connectivity index (χ4v) is 5.90. The summed E-state index contributed by atoms with van der Waals surface area (Å²) < 4.78 is 32.7. The molecule has 1 amide bonds. The Balaban J connectivity index is 1.43. The highest BCUT2D eigenvalue weighted by Gasteiger charge is 2.34. The average molecular weight is 471 g/mol. The first-order valence-corrected chi connectivity index (χ1v) is 12.9. The fraction of sp³-hybridized carbons (Fsp3) is 0.417. The van der Waals surface area contributed by atoms with Crippen LogP contribution < -0.4 is 5.32 Å². The molecule has 3 aromatic rings. The van der Waals surface area contributed by atoms with Gasteiger partial charge in [0, 0.05) is 37.3 Å². The smallest absolute Gasteiger partial charge is 0.272 e. The second-order valence-electron chi connectivity index (χ2n) is 8.47. The number of benzene rings is 1. The van der Waals surface area contributed by atoms with Gasteiger partial charge in [0.2, 0.25) is 0 Å². The van der Waals surface area contributed by atoms with Gasteiger partial charge in [-0.3, -0.25) is 14.4 Å². The van der Waals surface area contributed by atoms with E-state index in [9.17, 15) is 13.2 Å². The summed E-state index contributed by atoms with van der Waals surface area (Å²) in [7, 11) is -1.78. The van der Waals surface area contributed by atoms with Crippen LogP contribution in [0, 0.1) is 0 Å². The molecule has 9 heteroatoms. The first-order chi connectivity index (χ1) is 15.8. The van der Waals surface area contributed by atoms with Crippen molar-refractivity contribution in [1.82, 2.24) is 20.0 Å². The van der Waals surface area contributed by atoms with Crippen LogP contribution in [0.4, 0.5) is 0 Å². The Morgan fingerprint density at radius 2 is 2.06 bits per heavy atom. The second kappa shape index (κ2) is 9.52. The van der Waals surface area contributed by atoms with Gasteiger partial charge in [0.25, 0.3) is 5.91 Å². The third-order valence-corrected chi connectivity index (χ3v) is 7.93. The van der Waals surface area contributed by atoms with Crippen molar-refractivity contribution in [3.63, 3.8) is 0 Å². The van der Waals surface area contributed by atoms with E-state index >= 15 is 0 Å². The van der Waals surface area contributed by atoms with E-state index in [0.29, 0.717) is 29.4 Å². The van der Waals surface area contributed by atoms with Crippen LogP contribution in [0.1, 0.15) is 48.5 Å². The number of nitrogens with one attached hydrogen (secondary N) is 1. The Morgan fingerprint density at radius 3 is 2.79 bits per heavy atom. The summed E-state index contributed by atoms with van der Waals surface area (Å²) >= 11 is 0. The largest absolute Gasteiger partial charge is 0.468 e. The van der Waals surface area contributed by atoms with Crippen molar-refractivity contribution in [3.05, 3.63) is 59.7 Å². The fourth-order valence-electron chi connectivity index (χ4n) is 4.31. The minimum absolute atomic E-state index is 0.181. The highest BCUT2D eigenvalue weighted by molar-refractivity contribution is 7.90. The van der Waals surface area contributed by atoms with Crippen LogP contribution in [-0.2, 0) is 29.2 Å². The highest BCUT2D eigenvalue weighted by Crippen LogP contribution is 2.38. The average Bonchev–Trinajstić information content (AvgIpc) is 3.42. The maximum atomic E-state index is 12.9. The molecule has 0 saturated carbocycles. The molecule has 0 radical (unpaired) electrons. The standard InChI is InChI=1S/C24H30N4O4S/c1-4-17(2)28(15-18-9-7-14-32-18)13-8-12-25-24(29)22-20-16-33(30,31)21-11-6-5-10-19(21)23(20)27(3)26-22/h5-7,9-11,14,17H,4,8,12-13,15-16H2,1-3H3,(H,25,29)/t17-/m1/s1. The molecule has 1 aromatic carbocycles. The molecule has 0 fully saturated rings. The van der Waals surface area contributed by atoms with Crippen LogP contribution in [0.5, 0.6) is 0 Å². The van der Waals surface area contributed by atoms with Crippen molar-refractivity contribution in [3.8, 4) is 11.3 Å². The molecular formula is C24H30N4O4S. The number of carbonyl (C=O) groups excluding carboxylic acids is 1. The lowest BCUT2D eigenvalue weighted by molar-refractivity contribution is 0.0943. The molecule has 8 nitrogen and oxygen atoms in total. The molecular weight excluding hydrogens is 440 g/mol. The van der Waals surface area contributed by atoms with Crippen molar-refractivity contribution in [2.45, 2.75) is 49.9 Å². The molecule has 3 heterocycles. The summed E-state index contributed by atoms with van der Waals surface area (Å²) in [4.78, 5) is 15.6. The predicted octanol–water partition coefficient (Wildman–Crippen LogP) is 3.39. The molecule has 0 saturated heterocycles. The molecule has 176 valence electrons. The zero-order valence-corrected chi connectivity index (χ0v) is 20.1. The molecule has 0 unspecified atom stereocenters. The van der Waals surface area contributed by atoms with Crippen molar-refractivity contribution in [2.24, 2.45) is 7.05 Å². The summed E-state index contributed by atoms with van der Waals surface area (Å²) in [5.74, 6) is 0.351. The van der Waals surface area contributed by atoms with E-state index in [1.807, 2.05) is 12.1 Å². The van der Waals surface area contributed by atoms with Crippen LogP contribution >= 0.6 is 0 Å². The third-order valence-electron chi connectivity index (χ3n) is 6.23. The molecule has 1 atom stereocenters. The van der Waals surface area contributed by atoms with Crippen molar-refractivity contribution in [2.75, 3.05) is 13.1 Å². The second-order valence-corrected chi connectivity index (χ2v) is 10.4. The number of sulfone groups is 1. The number of amides is 1. The summed E-state index contributed by atoms with van der Waals surface area (Å²) in [6.45, 7) is 6.33. The van der Waals surface area contributed by atoms with E-state index in [4.69, 9.17) is 4.42 Å². The Bertz CT molecular complexity index is 1230. The topological polar surface area (TPSA) is 97.4 Å². The van der Waals surface area contributed by atoms with Gasteiger partial charge in [0.1, 0.15) is 5.76 Å². The maximum Gasteiger partial charge on any atom is 0.272 e. The Kier molecular flexibility index (Phi) is 6.71. The third kappa shape index (κ3) is 4.74. The molecule has 0 bridgehead atoms. The van der Waals surface area contributed by atoms with Gasteiger partial charge in [-0.15, -0.1) is 0 Å². The minimum atomic E-state index is -3.52. The lowest BCUT2D eigenvalue weighted by Gasteiger charge is -2.27. The van der Waals surface area contributed by atoms with Crippen LogP contribution in [-0.4, -0.2) is 48.1 Å². The van der Waals surface area contributed by atoms with Crippen molar-refractivity contribution in [1.29, 1.82) is 0 Å². The lowest BCUT2D eigenvalue weighted by Crippen LogP contribution is -2.35. The first-order valence-electron chi connectivity index (χ1n) is 11.2. The number of aromatic nitrogens is 2. The van der Waals surface area contributed by atoms with Crippen LogP contribution in [0.2, 0.25) is 0 Å². The first kappa shape index (κ1) is 23.3. The SMILES string of the molecule is CC[C@@H](C)N(CCCNC(=O)c1nn(C)c2c1CS(=O)(=O)c1ccccc1-2)Cc1ccco1. The summed E-state index contributed by atoms with van der Waals surface area (Å²) in [5.41, 5.74) is 1.93. The number of fused-ring (bicyclic) bond motifs is 3. The molecule has 0 aliphatic carbocycles. The molecule has 0 spiro atoms. The molecule has 1 aliphatic heterocycles. The van der Waals surface area contributed by atoms with E-state index in [1.165, 1.54) is 0 Å². The lowest BCUT2D eigenvalue weighted by atomic mass is 10.1. The number of nitrogens with zero attached hydrogens (tertiary/aromatic N) is 3. The predicted molar refractivity (Wildman–Crippen MR) is 125 cm³/mol. The summed E-state index contributed by atoms with van der Waals surface area (Å²) in [6.07, 6.45) is 3.45.